The van der Waals surface area contributed by atoms with Gasteiger partial charge < -0.3 is 20.4 Å². The first-order valence-corrected chi connectivity index (χ1v) is 6.73. The van der Waals surface area contributed by atoms with E-state index in [1.807, 2.05) is 0 Å². The molecule has 0 fully saturated rings. The Kier molecular flexibility index (Phi) is 7.07. The van der Waals surface area contributed by atoms with Crippen molar-refractivity contribution in [1.82, 2.24) is 9.88 Å². The molecule has 1 aromatic heterocycles. The number of hydrogen-bond donors (Lipinski definition) is 3. The molecule has 0 saturated heterocycles. The zero-order valence-electron chi connectivity index (χ0n) is 11.6. The molecule has 0 aliphatic heterocycles. The van der Waals surface area contributed by atoms with Crippen LogP contribution in [0.4, 0.5) is 5.69 Å². The van der Waals surface area contributed by atoms with Crippen LogP contribution in [0.2, 0.25) is 5.15 Å². The quantitative estimate of drug-likeness (QED) is 0.610. The summed E-state index contributed by atoms with van der Waals surface area (Å²) in [6.07, 6.45) is 1.24. The average molecular weight is 316 g/mol. The molecule has 0 aliphatic carbocycles. The predicted octanol–water partition coefficient (Wildman–Crippen LogP) is 0.688. The third-order valence-corrected chi connectivity index (χ3v) is 3.03. The second-order valence-corrected chi connectivity index (χ2v) is 5.03. The number of aliphatic carboxylic acids is 1. The SMILES string of the molecule is CN(CCO)C[C@@H](CC(=O)Nc1ccc(Cl)nc1)C(=O)O. The number of aromatic nitrogens is 1. The van der Waals surface area contributed by atoms with Crippen molar-refractivity contribution >= 4 is 29.2 Å². The highest BCUT2D eigenvalue weighted by atomic mass is 35.5. The summed E-state index contributed by atoms with van der Waals surface area (Å²) in [4.78, 5) is 28.5. The Morgan fingerprint density at radius 1 is 1.48 bits per heavy atom. The Morgan fingerprint density at radius 3 is 2.71 bits per heavy atom. The maximum absolute atomic E-state index is 11.8. The zero-order valence-corrected chi connectivity index (χ0v) is 12.4. The number of carboxylic acid groups (broad SMARTS) is 1. The molecule has 7 nitrogen and oxygen atoms in total. The molecule has 0 spiro atoms. The van der Waals surface area contributed by atoms with Crippen molar-refractivity contribution < 1.29 is 19.8 Å². The molecule has 0 aromatic carbocycles. The number of amides is 1. The minimum absolute atomic E-state index is 0.0640. The van der Waals surface area contributed by atoms with Crippen molar-refractivity contribution in [2.24, 2.45) is 5.92 Å². The van der Waals surface area contributed by atoms with E-state index in [0.717, 1.165) is 0 Å². The Labute approximate surface area is 127 Å². The van der Waals surface area contributed by atoms with Crippen LogP contribution in [-0.2, 0) is 9.59 Å². The van der Waals surface area contributed by atoms with Gasteiger partial charge in [0.1, 0.15) is 5.15 Å². The number of aliphatic hydroxyl groups is 1. The van der Waals surface area contributed by atoms with Crippen LogP contribution < -0.4 is 5.32 Å². The van der Waals surface area contributed by atoms with Gasteiger partial charge in [0.15, 0.2) is 0 Å². The fourth-order valence-corrected chi connectivity index (χ4v) is 1.87. The van der Waals surface area contributed by atoms with Gasteiger partial charge in [-0.15, -0.1) is 0 Å². The lowest BCUT2D eigenvalue weighted by Crippen LogP contribution is -2.34. The van der Waals surface area contributed by atoms with Crippen LogP contribution in [0.3, 0.4) is 0 Å². The number of carboxylic acids is 1. The normalized spacial score (nSPS) is 12.2. The zero-order chi connectivity index (χ0) is 15.8. The van der Waals surface area contributed by atoms with Gasteiger partial charge in [-0.25, -0.2) is 4.98 Å². The molecule has 1 amide bonds. The first kappa shape index (κ1) is 17.4. The Balaban J connectivity index is 2.56. The van der Waals surface area contributed by atoms with Crippen molar-refractivity contribution in [2.75, 3.05) is 32.1 Å². The van der Waals surface area contributed by atoms with Crippen molar-refractivity contribution in [1.29, 1.82) is 0 Å². The number of nitrogens with one attached hydrogen (secondary N) is 1. The molecular formula is C13H18ClN3O4. The maximum Gasteiger partial charge on any atom is 0.308 e. The van der Waals surface area contributed by atoms with Gasteiger partial charge in [-0.1, -0.05) is 11.6 Å². The van der Waals surface area contributed by atoms with Crippen molar-refractivity contribution in [3.8, 4) is 0 Å². The monoisotopic (exact) mass is 315 g/mol. The Morgan fingerprint density at radius 2 is 2.19 bits per heavy atom. The molecule has 0 unspecified atom stereocenters. The summed E-state index contributed by atoms with van der Waals surface area (Å²) in [5.41, 5.74) is 0.456. The molecule has 0 saturated carbocycles. The smallest absolute Gasteiger partial charge is 0.308 e. The summed E-state index contributed by atoms with van der Waals surface area (Å²) in [6.45, 7) is 0.472. The second-order valence-electron chi connectivity index (χ2n) is 4.64. The number of rotatable bonds is 8. The Bertz CT molecular complexity index is 481. The summed E-state index contributed by atoms with van der Waals surface area (Å²) in [6, 6.07) is 3.11. The third-order valence-electron chi connectivity index (χ3n) is 2.81. The van der Waals surface area contributed by atoms with Crippen LogP contribution in [0.1, 0.15) is 6.42 Å². The molecule has 116 valence electrons. The lowest BCUT2D eigenvalue weighted by Gasteiger charge is -2.20. The van der Waals surface area contributed by atoms with Gasteiger partial charge in [-0.2, -0.15) is 0 Å². The van der Waals surface area contributed by atoms with Crippen molar-refractivity contribution in [3.05, 3.63) is 23.5 Å². The van der Waals surface area contributed by atoms with Crippen LogP contribution in [0.25, 0.3) is 0 Å². The summed E-state index contributed by atoms with van der Waals surface area (Å²) in [5, 5.41) is 20.8. The highest BCUT2D eigenvalue weighted by Crippen LogP contribution is 2.12. The van der Waals surface area contributed by atoms with Gasteiger partial charge in [-0.05, 0) is 19.2 Å². The molecular weight excluding hydrogens is 298 g/mol. The van der Waals surface area contributed by atoms with Gasteiger partial charge >= 0.3 is 5.97 Å². The molecule has 8 heteroatoms. The molecule has 0 aliphatic rings. The van der Waals surface area contributed by atoms with Crippen LogP contribution >= 0.6 is 11.6 Å². The van der Waals surface area contributed by atoms with Crippen LogP contribution in [0.5, 0.6) is 0 Å². The van der Waals surface area contributed by atoms with E-state index in [9.17, 15) is 9.59 Å². The molecule has 1 rings (SSSR count). The van der Waals surface area contributed by atoms with E-state index < -0.39 is 17.8 Å². The van der Waals surface area contributed by atoms with E-state index in [4.69, 9.17) is 21.8 Å². The molecule has 1 heterocycles. The minimum Gasteiger partial charge on any atom is -0.481 e. The molecule has 0 radical (unpaired) electrons. The first-order chi connectivity index (χ1) is 9.92. The minimum atomic E-state index is -1.05. The van der Waals surface area contributed by atoms with Crippen LogP contribution in [0, 0.1) is 5.92 Å². The van der Waals surface area contributed by atoms with Gasteiger partial charge in [-0.3, -0.25) is 9.59 Å². The number of likely N-dealkylation sites (N-methyl/N-ethyl adjacent to an activating group) is 1. The first-order valence-electron chi connectivity index (χ1n) is 6.36. The van der Waals surface area contributed by atoms with Crippen LogP contribution in [-0.4, -0.2) is 58.7 Å². The van der Waals surface area contributed by atoms with Crippen molar-refractivity contribution in [3.63, 3.8) is 0 Å². The number of aliphatic hydroxyl groups excluding tert-OH is 1. The van der Waals surface area contributed by atoms with E-state index in [-0.39, 0.29) is 19.6 Å². The topological polar surface area (TPSA) is 103 Å². The molecule has 21 heavy (non-hydrogen) atoms. The molecule has 3 N–H and O–H groups in total. The number of anilines is 1. The fraction of sp³-hybridized carbons (Fsp3) is 0.462. The molecule has 0 bridgehead atoms. The number of hydrogen-bond acceptors (Lipinski definition) is 5. The van der Waals surface area contributed by atoms with E-state index in [1.54, 1.807) is 18.0 Å². The number of carbonyl (C=O) groups excluding carboxylic acids is 1. The summed E-state index contributed by atoms with van der Waals surface area (Å²) in [7, 11) is 1.69. The largest absolute Gasteiger partial charge is 0.481 e. The summed E-state index contributed by atoms with van der Waals surface area (Å²) < 4.78 is 0. The predicted molar refractivity (Wildman–Crippen MR) is 78.2 cm³/mol. The van der Waals surface area contributed by atoms with E-state index in [2.05, 4.69) is 10.3 Å². The number of carbonyl (C=O) groups is 2. The fourth-order valence-electron chi connectivity index (χ4n) is 1.75. The van der Waals surface area contributed by atoms with Gasteiger partial charge in [0.25, 0.3) is 0 Å². The molecule has 1 atom stereocenters. The highest BCUT2D eigenvalue weighted by molar-refractivity contribution is 6.29. The number of halogens is 1. The lowest BCUT2D eigenvalue weighted by molar-refractivity contribution is -0.144. The molecule has 1 aromatic rings. The van der Waals surface area contributed by atoms with E-state index in [1.165, 1.54) is 12.3 Å². The third kappa shape index (κ3) is 6.52. The van der Waals surface area contributed by atoms with Gasteiger partial charge in [0.2, 0.25) is 5.91 Å². The van der Waals surface area contributed by atoms with Crippen LogP contribution in [0.15, 0.2) is 18.3 Å². The van der Waals surface area contributed by atoms with Gasteiger partial charge in [0, 0.05) is 19.5 Å². The average Bonchev–Trinajstić information content (AvgIpc) is 2.41. The standard InChI is InChI=1S/C13H18ClN3O4/c1-17(4-5-18)8-9(13(20)21)6-12(19)16-10-2-3-11(14)15-7-10/h2-3,7,9,18H,4-6,8H2,1H3,(H,16,19)(H,20,21)/t9-/m1/s1. The van der Waals surface area contributed by atoms with E-state index >= 15 is 0 Å². The number of nitrogens with zero attached hydrogens (tertiary/aromatic N) is 2. The van der Waals surface area contributed by atoms with Crippen molar-refractivity contribution in [2.45, 2.75) is 6.42 Å². The second kappa shape index (κ2) is 8.56. The Hall–Kier alpha value is -1.70. The number of pyridine rings is 1. The van der Waals surface area contributed by atoms with E-state index in [0.29, 0.717) is 17.4 Å². The summed E-state index contributed by atoms with van der Waals surface area (Å²) in [5.74, 6) is -2.31. The van der Waals surface area contributed by atoms with Gasteiger partial charge in [0.05, 0.1) is 24.4 Å². The highest BCUT2D eigenvalue weighted by Gasteiger charge is 2.22. The summed E-state index contributed by atoms with van der Waals surface area (Å²) >= 11 is 5.63. The lowest BCUT2D eigenvalue weighted by atomic mass is 10.0. The maximum atomic E-state index is 11.8.